The zero-order chi connectivity index (χ0) is 9.84. The first-order valence-corrected chi connectivity index (χ1v) is 4.17. The fraction of sp³-hybridized carbons (Fsp3) is 0.444. The number of rotatable bonds is 2. The van der Waals surface area contributed by atoms with Gasteiger partial charge in [0.1, 0.15) is 5.69 Å². The molecule has 0 spiro atoms. The fourth-order valence-corrected chi connectivity index (χ4v) is 0.877. The predicted octanol–water partition coefficient (Wildman–Crippen LogP) is 0.741. The minimum atomic E-state index is -0.116. The van der Waals surface area contributed by atoms with Gasteiger partial charge in [-0.3, -0.25) is 9.78 Å². The number of carbonyl (C=O) groups excluding carboxylic acids is 1. The normalized spacial score (nSPS) is 9.77. The molecular formula is C9H13N3O. The average molecular weight is 179 g/mol. The Labute approximate surface area is 77.6 Å². The third kappa shape index (κ3) is 2.24. The van der Waals surface area contributed by atoms with Crippen LogP contribution in [0.4, 0.5) is 0 Å². The average Bonchev–Trinajstić information content (AvgIpc) is 2.17. The Bertz CT molecular complexity index is 292. The largest absolute Gasteiger partial charge is 0.343 e. The first-order chi connectivity index (χ1) is 6.15. The van der Waals surface area contributed by atoms with Crippen molar-refractivity contribution < 1.29 is 4.79 Å². The van der Waals surface area contributed by atoms with Crippen LogP contribution in [-0.4, -0.2) is 34.9 Å². The lowest BCUT2D eigenvalue weighted by Gasteiger charge is -2.08. The van der Waals surface area contributed by atoms with Crippen molar-refractivity contribution in [3.05, 3.63) is 23.8 Å². The lowest BCUT2D eigenvalue weighted by atomic mass is 10.3. The second-order valence-electron chi connectivity index (χ2n) is 2.95. The highest BCUT2D eigenvalue weighted by molar-refractivity contribution is 5.91. The van der Waals surface area contributed by atoms with Gasteiger partial charge in [0.05, 0.1) is 11.9 Å². The summed E-state index contributed by atoms with van der Waals surface area (Å²) >= 11 is 0. The summed E-state index contributed by atoms with van der Waals surface area (Å²) < 4.78 is 0. The highest BCUT2D eigenvalue weighted by Gasteiger charge is 2.08. The van der Waals surface area contributed by atoms with Crippen molar-refractivity contribution in [2.24, 2.45) is 0 Å². The van der Waals surface area contributed by atoms with E-state index in [1.54, 1.807) is 20.3 Å². The van der Waals surface area contributed by atoms with Crippen LogP contribution in [0.1, 0.15) is 23.1 Å². The highest BCUT2D eigenvalue weighted by Crippen LogP contribution is 1.98. The van der Waals surface area contributed by atoms with E-state index in [0.29, 0.717) is 5.69 Å². The zero-order valence-corrected chi connectivity index (χ0v) is 8.11. The van der Waals surface area contributed by atoms with E-state index in [0.717, 1.165) is 12.1 Å². The maximum absolute atomic E-state index is 11.4. The van der Waals surface area contributed by atoms with E-state index in [4.69, 9.17) is 0 Å². The van der Waals surface area contributed by atoms with E-state index in [1.165, 1.54) is 11.1 Å². The molecule has 0 radical (unpaired) electrons. The van der Waals surface area contributed by atoms with Gasteiger partial charge in [0.15, 0.2) is 0 Å². The number of amides is 1. The molecular weight excluding hydrogens is 166 g/mol. The van der Waals surface area contributed by atoms with Crippen molar-refractivity contribution in [2.75, 3.05) is 14.1 Å². The van der Waals surface area contributed by atoms with Crippen LogP contribution in [0.15, 0.2) is 12.4 Å². The van der Waals surface area contributed by atoms with Crippen LogP contribution >= 0.6 is 0 Å². The van der Waals surface area contributed by atoms with Gasteiger partial charge in [-0.2, -0.15) is 0 Å². The lowest BCUT2D eigenvalue weighted by molar-refractivity contribution is 0.0821. The van der Waals surface area contributed by atoms with Crippen LogP contribution in [0.3, 0.4) is 0 Å². The summed E-state index contributed by atoms with van der Waals surface area (Å²) in [6.07, 6.45) is 3.99. The van der Waals surface area contributed by atoms with Gasteiger partial charge in [-0.1, -0.05) is 6.92 Å². The summed E-state index contributed by atoms with van der Waals surface area (Å²) in [5, 5.41) is 0. The molecule has 0 aromatic carbocycles. The Morgan fingerprint density at radius 2 is 2.08 bits per heavy atom. The van der Waals surface area contributed by atoms with Crippen molar-refractivity contribution in [1.82, 2.24) is 14.9 Å². The molecule has 0 N–H and O–H groups in total. The first-order valence-electron chi connectivity index (χ1n) is 4.17. The number of hydrogen-bond donors (Lipinski definition) is 0. The molecule has 4 heteroatoms. The Balaban J connectivity index is 2.86. The Hall–Kier alpha value is -1.45. The zero-order valence-electron chi connectivity index (χ0n) is 8.11. The van der Waals surface area contributed by atoms with Gasteiger partial charge in [0.2, 0.25) is 0 Å². The van der Waals surface area contributed by atoms with Gasteiger partial charge >= 0.3 is 0 Å². The molecule has 13 heavy (non-hydrogen) atoms. The maximum atomic E-state index is 11.4. The predicted molar refractivity (Wildman–Crippen MR) is 49.4 cm³/mol. The molecule has 1 aromatic rings. The van der Waals surface area contributed by atoms with Crippen LogP contribution in [0.2, 0.25) is 0 Å². The van der Waals surface area contributed by atoms with Crippen LogP contribution in [0.25, 0.3) is 0 Å². The van der Waals surface area contributed by atoms with Gasteiger partial charge < -0.3 is 4.90 Å². The lowest BCUT2D eigenvalue weighted by Crippen LogP contribution is -2.23. The topological polar surface area (TPSA) is 46.1 Å². The van der Waals surface area contributed by atoms with Gasteiger partial charge in [-0.15, -0.1) is 0 Å². The van der Waals surface area contributed by atoms with Crippen molar-refractivity contribution in [1.29, 1.82) is 0 Å². The van der Waals surface area contributed by atoms with Crippen molar-refractivity contribution in [3.8, 4) is 0 Å². The third-order valence-electron chi connectivity index (χ3n) is 1.69. The van der Waals surface area contributed by atoms with Crippen LogP contribution in [0.5, 0.6) is 0 Å². The number of nitrogens with zero attached hydrogens (tertiary/aromatic N) is 3. The van der Waals surface area contributed by atoms with Crippen molar-refractivity contribution in [3.63, 3.8) is 0 Å². The molecule has 0 aliphatic carbocycles. The van der Waals surface area contributed by atoms with E-state index in [2.05, 4.69) is 9.97 Å². The Kier molecular flexibility index (Phi) is 2.95. The Morgan fingerprint density at radius 1 is 1.38 bits per heavy atom. The summed E-state index contributed by atoms with van der Waals surface area (Å²) in [7, 11) is 3.38. The van der Waals surface area contributed by atoms with Crippen LogP contribution in [-0.2, 0) is 6.42 Å². The third-order valence-corrected chi connectivity index (χ3v) is 1.69. The second-order valence-corrected chi connectivity index (χ2v) is 2.95. The number of aryl methyl sites for hydroxylation is 1. The Morgan fingerprint density at radius 3 is 2.46 bits per heavy atom. The summed E-state index contributed by atoms with van der Waals surface area (Å²) in [5.41, 5.74) is 1.29. The quantitative estimate of drug-likeness (QED) is 0.672. The summed E-state index contributed by atoms with van der Waals surface area (Å²) in [6.45, 7) is 2.00. The second kappa shape index (κ2) is 3.98. The monoisotopic (exact) mass is 179 g/mol. The molecule has 0 bridgehead atoms. The highest BCUT2D eigenvalue weighted by atomic mass is 16.2. The van der Waals surface area contributed by atoms with Crippen LogP contribution < -0.4 is 0 Å². The standard InChI is InChI=1S/C9H13N3O/c1-4-7-5-11-8(6-10-7)9(13)12(2)3/h5-6H,4H2,1-3H3. The molecule has 1 amide bonds. The molecule has 1 rings (SSSR count). The van der Waals surface area contributed by atoms with E-state index < -0.39 is 0 Å². The molecule has 0 unspecified atom stereocenters. The minimum absolute atomic E-state index is 0.116. The molecule has 0 aliphatic heterocycles. The number of aromatic nitrogens is 2. The number of hydrogen-bond acceptors (Lipinski definition) is 3. The van der Waals surface area contributed by atoms with E-state index in [9.17, 15) is 4.79 Å². The summed E-state index contributed by atoms with van der Waals surface area (Å²) in [5.74, 6) is -0.116. The van der Waals surface area contributed by atoms with Crippen LogP contribution in [0, 0.1) is 0 Å². The minimum Gasteiger partial charge on any atom is -0.343 e. The van der Waals surface area contributed by atoms with Crippen molar-refractivity contribution >= 4 is 5.91 Å². The van der Waals surface area contributed by atoms with Gasteiger partial charge in [-0.25, -0.2) is 4.98 Å². The first kappa shape index (κ1) is 9.64. The molecule has 0 atom stereocenters. The van der Waals surface area contributed by atoms with E-state index in [-0.39, 0.29) is 5.91 Å². The molecule has 0 saturated heterocycles. The van der Waals surface area contributed by atoms with Gasteiger partial charge in [0, 0.05) is 20.3 Å². The SMILES string of the molecule is CCc1cnc(C(=O)N(C)C)cn1. The molecule has 0 saturated carbocycles. The molecule has 0 fully saturated rings. The van der Waals surface area contributed by atoms with E-state index in [1.807, 2.05) is 6.92 Å². The maximum Gasteiger partial charge on any atom is 0.273 e. The fourth-order valence-electron chi connectivity index (χ4n) is 0.877. The summed E-state index contributed by atoms with van der Waals surface area (Å²) in [4.78, 5) is 21.0. The number of carbonyl (C=O) groups is 1. The summed E-state index contributed by atoms with van der Waals surface area (Å²) in [6, 6.07) is 0. The van der Waals surface area contributed by atoms with Gasteiger partial charge in [0.25, 0.3) is 5.91 Å². The molecule has 70 valence electrons. The van der Waals surface area contributed by atoms with E-state index >= 15 is 0 Å². The molecule has 4 nitrogen and oxygen atoms in total. The molecule has 1 heterocycles. The smallest absolute Gasteiger partial charge is 0.273 e. The molecule has 1 aromatic heterocycles. The van der Waals surface area contributed by atoms with Gasteiger partial charge in [-0.05, 0) is 6.42 Å². The molecule has 0 aliphatic rings. The van der Waals surface area contributed by atoms with Crippen molar-refractivity contribution in [2.45, 2.75) is 13.3 Å².